The molecule has 28 heavy (non-hydrogen) atoms. The Balaban J connectivity index is 1.52. The molecule has 0 spiro atoms. The summed E-state index contributed by atoms with van der Waals surface area (Å²) in [5, 5.41) is 7.95. The molecule has 2 amide bonds. The molecule has 0 atom stereocenters. The molecule has 1 heterocycles. The maximum atomic E-state index is 11.9. The summed E-state index contributed by atoms with van der Waals surface area (Å²) in [6.07, 6.45) is 1.75. The van der Waals surface area contributed by atoms with Gasteiger partial charge in [-0.1, -0.05) is 42.5 Å². The van der Waals surface area contributed by atoms with Crippen LogP contribution in [0.5, 0.6) is 5.75 Å². The minimum atomic E-state index is -0.351. The maximum absolute atomic E-state index is 11.9. The molecule has 3 rings (SSSR count). The molecule has 7 nitrogen and oxygen atoms in total. The normalized spacial score (nSPS) is 15.2. The third kappa shape index (κ3) is 4.91. The number of nitrogens with one attached hydrogen (secondary N) is 2. The molecule has 0 aliphatic carbocycles. The summed E-state index contributed by atoms with van der Waals surface area (Å²) < 4.78 is 5.47. The molecule has 1 aliphatic rings. The van der Waals surface area contributed by atoms with Gasteiger partial charge in [0.1, 0.15) is 5.75 Å². The quantitative estimate of drug-likeness (QED) is 0.461. The lowest BCUT2D eigenvalue weighted by Gasteiger charge is -2.06. The average Bonchev–Trinajstić information content (AvgIpc) is 3.04. The number of carbonyl (C=O) groups excluding carboxylic acids is 2. The van der Waals surface area contributed by atoms with Gasteiger partial charge in [0.05, 0.1) is 17.0 Å². The molecule has 1 aliphatic heterocycles. The number of hydrazone groups is 2. The standard InChI is InChI=1S/C21H20N4O3/c1-14(17-6-4-3-5-7-17)22-24-20(26)13-28-18-10-8-16(9-11-18)12-19-15(2)23-25-21(19)27/h3-12H,13H2,1-2H3,(H,24,26)(H,25,27)/b19-12-,22-14+. The topological polar surface area (TPSA) is 92.1 Å². The van der Waals surface area contributed by atoms with Crippen LogP contribution >= 0.6 is 0 Å². The minimum absolute atomic E-state index is 0.153. The molecule has 7 heteroatoms. The molecule has 2 N–H and O–H groups in total. The highest BCUT2D eigenvalue weighted by Crippen LogP contribution is 2.16. The smallest absolute Gasteiger partial charge is 0.277 e. The largest absolute Gasteiger partial charge is 0.484 e. The van der Waals surface area contributed by atoms with E-state index in [4.69, 9.17) is 4.74 Å². The summed E-state index contributed by atoms with van der Waals surface area (Å²) in [7, 11) is 0. The number of nitrogens with zero attached hydrogens (tertiary/aromatic N) is 2. The zero-order valence-corrected chi connectivity index (χ0v) is 15.6. The molecule has 2 aromatic carbocycles. The molecule has 0 saturated heterocycles. The van der Waals surface area contributed by atoms with Crippen molar-refractivity contribution in [2.24, 2.45) is 10.2 Å². The molecule has 0 radical (unpaired) electrons. The number of carbonyl (C=O) groups is 2. The molecule has 0 bridgehead atoms. The summed E-state index contributed by atoms with van der Waals surface area (Å²) in [6.45, 7) is 3.43. The number of hydrogen-bond donors (Lipinski definition) is 2. The molecule has 2 aromatic rings. The van der Waals surface area contributed by atoms with Crippen molar-refractivity contribution >= 4 is 29.3 Å². The third-order valence-electron chi connectivity index (χ3n) is 4.06. The van der Waals surface area contributed by atoms with E-state index in [0.29, 0.717) is 22.7 Å². The summed E-state index contributed by atoms with van der Waals surface area (Å²) in [4.78, 5) is 23.6. The van der Waals surface area contributed by atoms with Crippen LogP contribution in [0.2, 0.25) is 0 Å². The fourth-order valence-corrected chi connectivity index (χ4v) is 2.49. The maximum Gasteiger partial charge on any atom is 0.277 e. The first-order chi connectivity index (χ1) is 13.5. The van der Waals surface area contributed by atoms with Crippen LogP contribution in [-0.2, 0) is 9.59 Å². The highest BCUT2D eigenvalue weighted by molar-refractivity contribution is 6.26. The van der Waals surface area contributed by atoms with Crippen molar-refractivity contribution in [3.8, 4) is 5.75 Å². The molecular formula is C21H20N4O3. The van der Waals surface area contributed by atoms with Gasteiger partial charge in [0.2, 0.25) is 0 Å². The van der Waals surface area contributed by atoms with E-state index in [2.05, 4.69) is 21.1 Å². The summed E-state index contributed by atoms with van der Waals surface area (Å²) in [6, 6.07) is 16.6. The van der Waals surface area contributed by atoms with Crippen molar-refractivity contribution < 1.29 is 14.3 Å². The fraction of sp³-hybridized carbons (Fsp3) is 0.143. The molecule has 0 fully saturated rings. The highest BCUT2D eigenvalue weighted by Gasteiger charge is 2.18. The first kappa shape index (κ1) is 19.0. The number of rotatable bonds is 6. The zero-order valence-electron chi connectivity index (χ0n) is 15.6. The van der Waals surface area contributed by atoms with Gasteiger partial charge in [-0.25, -0.2) is 10.9 Å². The Morgan fingerprint density at radius 2 is 1.89 bits per heavy atom. The van der Waals surface area contributed by atoms with Crippen LogP contribution in [0.25, 0.3) is 6.08 Å². The van der Waals surface area contributed by atoms with E-state index in [1.807, 2.05) is 37.3 Å². The Kier molecular flexibility index (Phi) is 5.96. The molecule has 0 unspecified atom stereocenters. The van der Waals surface area contributed by atoms with Gasteiger partial charge in [0, 0.05) is 0 Å². The molecular weight excluding hydrogens is 356 g/mol. The van der Waals surface area contributed by atoms with Gasteiger partial charge in [0.15, 0.2) is 6.61 Å². The lowest BCUT2D eigenvalue weighted by atomic mass is 10.1. The fourth-order valence-electron chi connectivity index (χ4n) is 2.49. The van der Waals surface area contributed by atoms with E-state index in [9.17, 15) is 9.59 Å². The number of hydrogen-bond acceptors (Lipinski definition) is 5. The van der Waals surface area contributed by atoms with Crippen molar-refractivity contribution in [2.45, 2.75) is 13.8 Å². The van der Waals surface area contributed by atoms with Crippen LogP contribution in [0.15, 0.2) is 70.4 Å². The van der Waals surface area contributed by atoms with Crippen molar-refractivity contribution in [1.29, 1.82) is 0 Å². The average molecular weight is 376 g/mol. The Morgan fingerprint density at radius 1 is 1.18 bits per heavy atom. The van der Waals surface area contributed by atoms with Gasteiger partial charge >= 0.3 is 0 Å². The van der Waals surface area contributed by atoms with Crippen LogP contribution in [0.1, 0.15) is 25.0 Å². The lowest BCUT2D eigenvalue weighted by Crippen LogP contribution is -2.25. The van der Waals surface area contributed by atoms with E-state index in [1.54, 1.807) is 37.3 Å². The Hall–Kier alpha value is -3.74. The molecule has 142 valence electrons. The van der Waals surface area contributed by atoms with Gasteiger partial charge in [-0.3, -0.25) is 9.59 Å². The van der Waals surface area contributed by atoms with Crippen molar-refractivity contribution in [1.82, 2.24) is 10.9 Å². The Morgan fingerprint density at radius 3 is 2.54 bits per heavy atom. The zero-order chi connectivity index (χ0) is 19.9. The Labute approximate surface area is 162 Å². The van der Waals surface area contributed by atoms with Crippen molar-refractivity contribution in [3.05, 3.63) is 71.3 Å². The second kappa shape index (κ2) is 8.77. The number of benzene rings is 2. The van der Waals surface area contributed by atoms with Crippen molar-refractivity contribution in [2.75, 3.05) is 6.61 Å². The predicted octanol–water partition coefficient (Wildman–Crippen LogP) is 2.49. The van der Waals surface area contributed by atoms with Gasteiger partial charge in [0.25, 0.3) is 11.8 Å². The first-order valence-corrected chi connectivity index (χ1v) is 8.71. The highest BCUT2D eigenvalue weighted by atomic mass is 16.5. The lowest BCUT2D eigenvalue weighted by molar-refractivity contribution is -0.123. The summed E-state index contributed by atoms with van der Waals surface area (Å²) in [5.41, 5.74) is 8.55. The number of ether oxygens (including phenoxy) is 1. The predicted molar refractivity (Wildman–Crippen MR) is 108 cm³/mol. The van der Waals surface area contributed by atoms with Crippen LogP contribution in [0.3, 0.4) is 0 Å². The van der Waals surface area contributed by atoms with E-state index < -0.39 is 0 Å². The van der Waals surface area contributed by atoms with Crippen LogP contribution in [-0.4, -0.2) is 29.8 Å². The molecule has 0 saturated carbocycles. The van der Waals surface area contributed by atoms with Gasteiger partial charge in [-0.05, 0) is 43.2 Å². The summed E-state index contributed by atoms with van der Waals surface area (Å²) in [5.74, 6) is -0.0286. The molecule has 0 aromatic heterocycles. The SMILES string of the molecule is CC1=NNC(=O)/C1=C\c1ccc(OCC(=O)N/N=C(\C)c2ccccc2)cc1. The monoisotopic (exact) mass is 376 g/mol. The second-order valence-corrected chi connectivity index (χ2v) is 6.15. The van der Waals surface area contributed by atoms with Gasteiger partial charge in [-0.2, -0.15) is 10.2 Å². The van der Waals surface area contributed by atoms with Crippen LogP contribution in [0, 0.1) is 0 Å². The van der Waals surface area contributed by atoms with Gasteiger partial charge < -0.3 is 4.74 Å². The van der Waals surface area contributed by atoms with Gasteiger partial charge in [-0.15, -0.1) is 0 Å². The van der Waals surface area contributed by atoms with Crippen LogP contribution in [0.4, 0.5) is 0 Å². The summed E-state index contributed by atoms with van der Waals surface area (Å²) >= 11 is 0. The van der Waals surface area contributed by atoms with E-state index in [-0.39, 0.29) is 18.4 Å². The minimum Gasteiger partial charge on any atom is -0.484 e. The van der Waals surface area contributed by atoms with Crippen LogP contribution < -0.4 is 15.6 Å². The van der Waals surface area contributed by atoms with E-state index >= 15 is 0 Å². The first-order valence-electron chi connectivity index (χ1n) is 8.71. The third-order valence-corrected chi connectivity index (χ3v) is 4.06. The van der Waals surface area contributed by atoms with E-state index in [0.717, 1.165) is 11.1 Å². The number of amides is 2. The van der Waals surface area contributed by atoms with E-state index in [1.165, 1.54) is 0 Å². The second-order valence-electron chi connectivity index (χ2n) is 6.15. The van der Waals surface area contributed by atoms with Crippen molar-refractivity contribution in [3.63, 3.8) is 0 Å². The Bertz CT molecular complexity index is 961.